The van der Waals surface area contributed by atoms with E-state index >= 15 is 0 Å². The number of nitrogens with zero attached hydrogens (tertiary/aromatic N) is 1. The summed E-state index contributed by atoms with van der Waals surface area (Å²) in [5, 5.41) is 8.28. The average Bonchev–Trinajstić information content (AvgIpc) is 2.14. The highest BCUT2D eigenvalue weighted by molar-refractivity contribution is 5.93. The third-order valence-corrected chi connectivity index (χ3v) is 1.52. The summed E-state index contributed by atoms with van der Waals surface area (Å²) in [7, 11) is 1.59. The Morgan fingerprint density at radius 2 is 2.07 bits per heavy atom. The second-order valence-electron chi connectivity index (χ2n) is 2.63. The zero-order valence-electron chi connectivity index (χ0n) is 8.40. The minimum absolute atomic E-state index is 0.341. The third-order valence-electron chi connectivity index (χ3n) is 1.52. The standard InChI is InChI=1S/C9H15NO4/c1-3-14-7-6-10(2)8(11)4-5-9(12)13/h4-5H,3,6-7H2,1-2H3,(H,12,13)/b5-4+. The van der Waals surface area contributed by atoms with E-state index in [1.807, 2.05) is 6.92 Å². The molecule has 0 saturated carbocycles. The first-order valence-corrected chi connectivity index (χ1v) is 4.31. The molecule has 0 aliphatic carbocycles. The van der Waals surface area contributed by atoms with Crippen molar-refractivity contribution in [2.24, 2.45) is 0 Å². The molecule has 1 N–H and O–H groups in total. The molecule has 14 heavy (non-hydrogen) atoms. The van der Waals surface area contributed by atoms with Gasteiger partial charge in [-0.1, -0.05) is 0 Å². The van der Waals surface area contributed by atoms with Crippen molar-refractivity contribution >= 4 is 11.9 Å². The molecule has 0 spiro atoms. The van der Waals surface area contributed by atoms with Gasteiger partial charge in [-0.05, 0) is 6.92 Å². The average molecular weight is 201 g/mol. The summed E-state index contributed by atoms with van der Waals surface area (Å²) in [5.74, 6) is -1.47. The molecule has 0 rings (SSSR count). The Morgan fingerprint density at radius 1 is 1.43 bits per heavy atom. The number of rotatable bonds is 6. The van der Waals surface area contributed by atoms with Crippen LogP contribution in [0.2, 0.25) is 0 Å². The first kappa shape index (κ1) is 12.6. The minimum Gasteiger partial charge on any atom is -0.478 e. The maximum Gasteiger partial charge on any atom is 0.328 e. The van der Waals surface area contributed by atoms with Crippen LogP contribution in [-0.2, 0) is 14.3 Å². The molecule has 0 aromatic carbocycles. The summed E-state index contributed by atoms with van der Waals surface area (Å²) in [6.07, 6.45) is 1.84. The normalized spacial score (nSPS) is 10.4. The molecule has 0 aliphatic rings. The van der Waals surface area contributed by atoms with E-state index in [4.69, 9.17) is 9.84 Å². The van der Waals surface area contributed by atoms with E-state index in [9.17, 15) is 9.59 Å². The fourth-order valence-electron chi connectivity index (χ4n) is 0.726. The van der Waals surface area contributed by atoms with E-state index in [0.29, 0.717) is 19.8 Å². The Kier molecular flexibility index (Phi) is 6.39. The maximum absolute atomic E-state index is 11.2. The van der Waals surface area contributed by atoms with Crippen LogP contribution in [0.25, 0.3) is 0 Å². The summed E-state index contributed by atoms with van der Waals surface area (Å²) in [5.41, 5.74) is 0. The number of hydrogen-bond acceptors (Lipinski definition) is 3. The van der Waals surface area contributed by atoms with Gasteiger partial charge in [0.2, 0.25) is 5.91 Å². The number of carboxylic acid groups (broad SMARTS) is 1. The van der Waals surface area contributed by atoms with Gasteiger partial charge in [0.1, 0.15) is 0 Å². The van der Waals surface area contributed by atoms with Crippen LogP contribution >= 0.6 is 0 Å². The molecule has 0 aliphatic heterocycles. The largest absolute Gasteiger partial charge is 0.478 e. The fraction of sp³-hybridized carbons (Fsp3) is 0.556. The summed E-state index contributed by atoms with van der Waals surface area (Å²) < 4.78 is 5.05. The minimum atomic E-state index is -1.13. The molecule has 0 fully saturated rings. The molecule has 0 radical (unpaired) electrons. The predicted molar refractivity (Wildman–Crippen MR) is 50.9 cm³/mol. The highest BCUT2D eigenvalue weighted by Gasteiger charge is 2.04. The number of carbonyl (C=O) groups excluding carboxylic acids is 1. The SMILES string of the molecule is CCOCCN(C)C(=O)/C=C/C(=O)O. The number of carbonyl (C=O) groups is 2. The number of hydrogen-bond donors (Lipinski definition) is 1. The fourth-order valence-corrected chi connectivity index (χ4v) is 0.726. The van der Waals surface area contributed by atoms with E-state index in [-0.39, 0.29) is 5.91 Å². The zero-order valence-corrected chi connectivity index (χ0v) is 8.40. The first-order valence-electron chi connectivity index (χ1n) is 4.31. The third kappa shape index (κ3) is 6.19. The highest BCUT2D eigenvalue weighted by atomic mass is 16.5. The van der Waals surface area contributed by atoms with Gasteiger partial charge in [0.15, 0.2) is 0 Å². The lowest BCUT2D eigenvalue weighted by molar-refractivity contribution is -0.132. The van der Waals surface area contributed by atoms with Gasteiger partial charge in [0.25, 0.3) is 0 Å². The van der Waals surface area contributed by atoms with Crippen molar-refractivity contribution in [2.75, 3.05) is 26.8 Å². The number of carboxylic acids is 1. The van der Waals surface area contributed by atoms with Gasteiger partial charge in [-0.25, -0.2) is 4.79 Å². The molecule has 0 saturated heterocycles. The zero-order chi connectivity index (χ0) is 11.0. The van der Waals surface area contributed by atoms with Gasteiger partial charge in [-0.2, -0.15) is 0 Å². The highest BCUT2D eigenvalue weighted by Crippen LogP contribution is 1.88. The molecule has 5 nitrogen and oxygen atoms in total. The van der Waals surface area contributed by atoms with Gasteiger partial charge < -0.3 is 14.7 Å². The molecular formula is C9H15NO4. The molecule has 5 heteroatoms. The maximum atomic E-state index is 11.2. The molecule has 1 amide bonds. The van der Waals surface area contributed by atoms with Crippen LogP contribution in [-0.4, -0.2) is 48.7 Å². The van der Waals surface area contributed by atoms with Crippen molar-refractivity contribution in [3.05, 3.63) is 12.2 Å². The lowest BCUT2D eigenvalue weighted by Gasteiger charge is -2.14. The molecule has 0 bridgehead atoms. The summed E-state index contributed by atoms with van der Waals surface area (Å²) in [4.78, 5) is 22.7. The number of ether oxygens (including phenoxy) is 1. The van der Waals surface area contributed by atoms with Gasteiger partial charge in [-0.3, -0.25) is 4.79 Å². The van der Waals surface area contributed by atoms with Crippen molar-refractivity contribution in [1.29, 1.82) is 0 Å². The van der Waals surface area contributed by atoms with Crippen LogP contribution in [0.5, 0.6) is 0 Å². The Balaban J connectivity index is 3.81. The number of amides is 1. The molecule has 0 aromatic rings. The quantitative estimate of drug-likeness (QED) is 0.489. The Hall–Kier alpha value is -1.36. The topological polar surface area (TPSA) is 66.8 Å². The first-order chi connectivity index (χ1) is 6.57. The van der Waals surface area contributed by atoms with Crippen LogP contribution < -0.4 is 0 Å². The molecule has 0 heterocycles. The molecule has 0 atom stereocenters. The molecule has 0 unspecified atom stereocenters. The van der Waals surface area contributed by atoms with Crippen LogP contribution in [0.1, 0.15) is 6.92 Å². The monoisotopic (exact) mass is 201 g/mol. The summed E-state index contributed by atoms with van der Waals surface area (Å²) in [6.45, 7) is 3.38. The van der Waals surface area contributed by atoms with E-state index in [1.54, 1.807) is 7.05 Å². The van der Waals surface area contributed by atoms with Crippen molar-refractivity contribution in [3.63, 3.8) is 0 Å². The van der Waals surface area contributed by atoms with Crippen LogP contribution in [0.3, 0.4) is 0 Å². The second-order valence-corrected chi connectivity index (χ2v) is 2.63. The Bertz CT molecular complexity index is 225. The van der Waals surface area contributed by atoms with Crippen molar-refractivity contribution < 1.29 is 19.4 Å². The molecule has 80 valence electrons. The Labute approximate surface area is 83.0 Å². The van der Waals surface area contributed by atoms with Gasteiger partial charge in [0, 0.05) is 32.4 Å². The summed E-state index contributed by atoms with van der Waals surface area (Å²) in [6, 6.07) is 0. The van der Waals surface area contributed by atoms with Gasteiger partial charge in [0.05, 0.1) is 6.61 Å². The van der Waals surface area contributed by atoms with E-state index in [2.05, 4.69) is 0 Å². The van der Waals surface area contributed by atoms with Crippen molar-refractivity contribution in [3.8, 4) is 0 Å². The summed E-state index contributed by atoms with van der Waals surface area (Å²) >= 11 is 0. The Morgan fingerprint density at radius 3 is 2.57 bits per heavy atom. The van der Waals surface area contributed by atoms with Crippen molar-refractivity contribution in [1.82, 2.24) is 4.90 Å². The molecular weight excluding hydrogens is 186 g/mol. The lowest BCUT2D eigenvalue weighted by Crippen LogP contribution is -2.28. The predicted octanol–water partition coefficient (Wildman–Crippen LogP) is 0.122. The van der Waals surface area contributed by atoms with Gasteiger partial charge >= 0.3 is 5.97 Å². The van der Waals surface area contributed by atoms with Crippen LogP contribution in [0.4, 0.5) is 0 Å². The van der Waals surface area contributed by atoms with Crippen molar-refractivity contribution in [2.45, 2.75) is 6.92 Å². The smallest absolute Gasteiger partial charge is 0.328 e. The van der Waals surface area contributed by atoms with Gasteiger partial charge in [-0.15, -0.1) is 0 Å². The van der Waals surface area contributed by atoms with E-state index in [0.717, 1.165) is 12.2 Å². The van der Waals surface area contributed by atoms with Crippen LogP contribution in [0.15, 0.2) is 12.2 Å². The van der Waals surface area contributed by atoms with Crippen LogP contribution in [0, 0.1) is 0 Å². The second kappa shape index (κ2) is 7.08. The van der Waals surface area contributed by atoms with E-state index in [1.165, 1.54) is 4.90 Å². The lowest BCUT2D eigenvalue weighted by atomic mass is 10.4. The van der Waals surface area contributed by atoms with E-state index < -0.39 is 5.97 Å². The molecule has 0 aromatic heterocycles. The number of likely N-dealkylation sites (N-methyl/N-ethyl adjacent to an activating group) is 1. The number of aliphatic carboxylic acids is 1.